The second-order valence-electron chi connectivity index (χ2n) is 8.85. The zero-order chi connectivity index (χ0) is 25.7. The monoisotopic (exact) mass is 485 g/mol. The van der Waals surface area contributed by atoms with Crippen LogP contribution in [0.15, 0.2) is 83.3 Å². The smallest absolute Gasteiger partial charge is 0.290 e. The van der Waals surface area contributed by atoms with E-state index in [1.54, 1.807) is 26.4 Å². The Kier molecular flexibility index (Phi) is 7.64. The number of methoxy groups -OCH3 is 2. The molecule has 1 heterocycles. The fourth-order valence-electron chi connectivity index (χ4n) is 3.85. The van der Waals surface area contributed by atoms with Crippen LogP contribution in [0.4, 0.5) is 0 Å². The molecule has 0 saturated carbocycles. The summed E-state index contributed by atoms with van der Waals surface area (Å²) in [6, 6.07) is 24.2. The Labute approximate surface area is 211 Å². The van der Waals surface area contributed by atoms with Gasteiger partial charge in [0.2, 0.25) is 0 Å². The van der Waals surface area contributed by atoms with Crippen LogP contribution in [0.5, 0.6) is 23.2 Å². The molecule has 1 amide bonds. The average Bonchev–Trinajstić information content (AvgIpc) is 3.37. The van der Waals surface area contributed by atoms with Gasteiger partial charge in [-0.1, -0.05) is 50.2 Å². The van der Waals surface area contributed by atoms with Gasteiger partial charge < -0.3 is 23.9 Å². The molecule has 0 fully saturated rings. The van der Waals surface area contributed by atoms with E-state index < -0.39 is 6.04 Å². The van der Waals surface area contributed by atoms with E-state index in [1.807, 2.05) is 67.6 Å². The van der Waals surface area contributed by atoms with Gasteiger partial charge in [0.1, 0.15) is 17.2 Å². The predicted octanol–water partition coefficient (Wildman–Crippen LogP) is 7.04. The molecular weight excluding hydrogens is 454 g/mol. The highest BCUT2D eigenvalue weighted by atomic mass is 16.6. The van der Waals surface area contributed by atoms with Crippen LogP contribution in [0.1, 0.15) is 58.6 Å². The largest absolute Gasteiger partial charge is 0.497 e. The molecule has 0 radical (unpaired) electrons. The second-order valence-corrected chi connectivity index (χ2v) is 8.85. The topological polar surface area (TPSA) is 69.9 Å². The third-order valence-corrected chi connectivity index (χ3v) is 6.07. The quantitative estimate of drug-likeness (QED) is 0.275. The first kappa shape index (κ1) is 24.9. The maximum Gasteiger partial charge on any atom is 0.290 e. The van der Waals surface area contributed by atoms with Crippen molar-refractivity contribution in [1.82, 2.24) is 5.32 Å². The molecule has 186 valence electrons. The summed E-state index contributed by atoms with van der Waals surface area (Å²) in [5, 5.41) is 3.08. The number of nitrogens with one attached hydrogen (secondary N) is 1. The van der Waals surface area contributed by atoms with E-state index in [4.69, 9.17) is 18.6 Å². The Morgan fingerprint density at radius 3 is 1.86 bits per heavy atom. The number of ether oxygens (including phenoxy) is 3. The summed E-state index contributed by atoms with van der Waals surface area (Å²) in [5.41, 5.74) is 3.96. The zero-order valence-corrected chi connectivity index (χ0v) is 21.2. The third kappa shape index (κ3) is 5.71. The normalized spacial score (nSPS) is 11.0. The van der Waals surface area contributed by atoms with E-state index in [1.165, 1.54) is 5.56 Å². The SMILES string of the molecule is COc1ccc(C(NC(=O)c2ccc(Oc3cc(C(C)C)ccc3C)o2)c2ccc(OC)cc2)cc1. The highest BCUT2D eigenvalue weighted by Gasteiger charge is 2.21. The molecule has 0 aliphatic heterocycles. The van der Waals surface area contributed by atoms with Crippen LogP contribution >= 0.6 is 0 Å². The molecule has 3 aromatic carbocycles. The summed E-state index contributed by atoms with van der Waals surface area (Å²) in [5.74, 6) is 2.63. The number of hydrogen-bond donors (Lipinski definition) is 1. The molecule has 6 nitrogen and oxygen atoms in total. The summed E-state index contributed by atoms with van der Waals surface area (Å²) >= 11 is 0. The Morgan fingerprint density at radius 1 is 0.778 bits per heavy atom. The van der Waals surface area contributed by atoms with Crippen LogP contribution in [0, 0.1) is 6.92 Å². The average molecular weight is 486 g/mol. The highest BCUT2D eigenvalue weighted by molar-refractivity contribution is 5.92. The molecule has 0 aliphatic rings. The van der Waals surface area contributed by atoms with Crippen molar-refractivity contribution in [2.75, 3.05) is 14.2 Å². The maximum atomic E-state index is 13.2. The molecule has 0 saturated heterocycles. The van der Waals surface area contributed by atoms with Crippen LogP contribution in [0.3, 0.4) is 0 Å². The van der Waals surface area contributed by atoms with Gasteiger partial charge in [-0.15, -0.1) is 0 Å². The molecule has 0 bridgehead atoms. The standard InChI is InChI=1S/C30H31NO5/c1-19(2)23-7-6-20(3)27(18-23)36-28-17-16-26(35-28)30(32)31-29(21-8-12-24(33-4)13-9-21)22-10-14-25(34-5)15-11-22/h6-19,29H,1-5H3,(H,31,32). The van der Waals surface area contributed by atoms with Crippen molar-refractivity contribution < 1.29 is 23.4 Å². The summed E-state index contributed by atoms with van der Waals surface area (Å²) in [6.45, 7) is 6.24. The van der Waals surface area contributed by atoms with E-state index in [-0.39, 0.29) is 17.6 Å². The minimum absolute atomic E-state index is 0.162. The number of carbonyl (C=O) groups excluding carboxylic acids is 1. The maximum absolute atomic E-state index is 13.2. The van der Waals surface area contributed by atoms with Crippen molar-refractivity contribution in [1.29, 1.82) is 0 Å². The van der Waals surface area contributed by atoms with Crippen LogP contribution in [0.25, 0.3) is 0 Å². The number of rotatable bonds is 9. The second kappa shape index (κ2) is 11.0. The number of hydrogen-bond acceptors (Lipinski definition) is 5. The van der Waals surface area contributed by atoms with Gasteiger partial charge in [0.05, 0.1) is 20.3 Å². The fraction of sp³-hybridized carbons (Fsp3) is 0.233. The summed E-state index contributed by atoms with van der Waals surface area (Å²) in [4.78, 5) is 13.2. The van der Waals surface area contributed by atoms with Crippen molar-refractivity contribution in [2.24, 2.45) is 0 Å². The lowest BCUT2D eigenvalue weighted by atomic mass is 9.98. The van der Waals surface area contributed by atoms with Crippen LogP contribution in [-0.2, 0) is 0 Å². The summed E-state index contributed by atoms with van der Waals surface area (Å²) < 4.78 is 22.3. The van der Waals surface area contributed by atoms with Crippen LogP contribution < -0.4 is 19.5 Å². The van der Waals surface area contributed by atoms with Gasteiger partial charge in [-0.3, -0.25) is 4.79 Å². The van der Waals surface area contributed by atoms with Gasteiger partial charge in [0.15, 0.2) is 5.76 Å². The number of amides is 1. The molecule has 0 aliphatic carbocycles. The lowest BCUT2D eigenvalue weighted by Gasteiger charge is -2.20. The number of aryl methyl sites for hydroxylation is 1. The predicted molar refractivity (Wildman–Crippen MR) is 139 cm³/mol. The van der Waals surface area contributed by atoms with Gasteiger partial charge in [-0.2, -0.15) is 0 Å². The zero-order valence-electron chi connectivity index (χ0n) is 21.2. The molecule has 0 unspecified atom stereocenters. The van der Waals surface area contributed by atoms with Gasteiger partial charge >= 0.3 is 0 Å². The Balaban J connectivity index is 1.56. The van der Waals surface area contributed by atoms with Crippen molar-refractivity contribution in [3.8, 4) is 23.2 Å². The van der Waals surface area contributed by atoms with E-state index in [2.05, 4.69) is 25.2 Å². The molecule has 4 aromatic rings. The lowest BCUT2D eigenvalue weighted by Crippen LogP contribution is -2.29. The molecule has 1 aromatic heterocycles. The first-order valence-electron chi connectivity index (χ1n) is 11.8. The molecule has 0 spiro atoms. The number of furan rings is 1. The molecule has 4 rings (SSSR count). The van der Waals surface area contributed by atoms with Gasteiger partial charge in [0, 0.05) is 6.07 Å². The first-order chi connectivity index (χ1) is 17.4. The fourth-order valence-corrected chi connectivity index (χ4v) is 3.85. The van der Waals surface area contributed by atoms with Crippen molar-refractivity contribution in [3.63, 3.8) is 0 Å². The number of benzene rings is 3. The Bertz CT molecular complexity index is 1260. The molecule has 6 heteroatoms. The minimum Gasteiger partial charge on any atom is -0.497 e. The summed E-state index contributed by atoms with van der Waals surface area (Å²) in [6.07, 6.45) is 0. The highest BCUT2D eigenvalue weighted by Crippen LogP contribution is 2.31. The van der Waals surface area contributed by atoms with Crippen molar-refractivity contribution in [3.05, 3.63) is 107 Å². The lowest BCUT2D eigenvalue weighted by molar-refractivity contribution is 0.0910. The molecule has 36 heavy (non-hydrogen) atoms. The van der Waals surface area contributed by atoms with Crippen LogP contribution in [0.2, 0.25) is 0 Å². The van der Waals surface area contributed by atoms with Crippen molar-refractivity contribution >= 4 is 5.91 Å². The molecule has 0 atom stereocenters. The third-order valence-electron chi connectivity index (χ3n) is 6.07. The molecule has 1 N–H and O–H groups in total. The summed E-state index contributed by atoms with van der Waals surface area (Å²) in [7, 11) is 3.24. The van der Waals surface area contributed by atoms with Gasteiger partial charge in [0.25, 0.3) is 11.9 Å². The van der Waals surface area contributed by atoms with Crippen molar-refractivity contribution in [2.45, 2.75) is 32.7 Å². The first-order valence-corrected chi connectivity index (χ1v) is 11.8. The van der Waals surface area contributed by atoms with Gasteiger partial charge in [-0.25, -0.2) is 0 Å². The minimum atomic E-state index is -0.409. The van der Waals surface area contributed by atoms with E-state index in [0.717, 1.165) is 28.2 Å². The van der Waals surface area contributed by atoms with E-state index in [9.17, 15) is 4.79 Å². The van der Waals surface area contributed by atoms with E-state index in [0.29, 0.717) is 11.7 Å². The molecular formula is C30H31NO5. The van der Waals surface area contributed by atoms with Crippen LogP contribution in [-0.4, -0.2) is 20.1 Å². The Hall–Kier alpha value is -4.19. The van der Waals surface area contributed by atoms with Gasteiger partial charge in [-0.05, 0) is 71.5 Å². The number of carbonyl (C=O) groups is 1. The van der Waals surface area contributed by atoms with E-state index >= 15 is 0 Å². The Morgan fingerprint density at radius 2 is 1.33 bits per heavy atom.